The summed E-state index contributed by atoms with van der Waals surface area (Å²) in [5.74, 6) is -0.0473. The average Bonchev–Trinajstić information content (AvgIpc) is 2.82. The number of hydrogen-bond donors (Lipinski definition) is 2. The van der Waals surface area contributed by atoms with Crippen LogP contribution < -0.4 is 15.4 Å². The Bertz CT molecular complexity index is 1050. The number of hydrogen-bond acceptors (Lipinski definition) is 5. The fraction of sp³-hybridized carbons (Fsp3) is 0.414. The van der Waals surface area contributed by atoms with Crippen LogP contribution in [0.2, 0.25) is 0 Å². The molecule has 2 N–H and O–H groups in total. The standard InChI is InChI=1S/C29H39N3O5/c1-8-18-32(27(34)24(19-20(2)3)31-28(35)37-29(4,5)6)25(21-12-10-9-11-13-21)26(33)30-22-14-16-23(36-7)17-15-22/h8-17,20,24-25H,1,18-19H2,2-7H3,(H,30,33)(H,31,35). The number of alkyl carbamates (subject to hydrolysis) is 1. The van der Waals surface area contributed by atoms with Crippen molar-refractivity contribution in [3.05, 3.63) is 72.8 Å². The molecule has 0 aromatic heterocycles. The molecule has 2 unspecified atom stereocenters. The van der Waals surface area contributed by atoms with Gasteiger partial charge in [-0.2, -0.15) is 0 Å². The quantitative estimate of drug-likeness (QED) is 0.399. The van der Waals surface area contributed by atoms with Crippen LogP contribution in [0.1, 0.15) is 52.6 Å². The molecular formula is C29H39N3O5. The van der Waals surface area contributed by atoms with Crippen molar-refractivity contribution in [2.45, 2.75) is 58.7 Å². The van der Waals surface area contributed by atoms with E-state index in [9.17, 15) is 14.4 Å². The van der Waals surface area contributed by atoms with Gasteiger partial charge in [0.25, 0.3) is 5.91 Å². The number of methoxy groups -OCH3 is 1. The van der Waals surface area contributed by atoms with Crippen molar-refractivity contribution in [3.63, 3.8) is 0 Å². The van der Waals surface area contributed by atoms with Crippen molar-refractivity contribution in [1.82, 2.24) is 10.2 Å². The van der Waals surface area contributed by atoms with Gasteiger partial charge in [0.2, 0.25) is 5.91 Å². The van der Waals surface area contributed by atoms with E-state index < -0.39 is 35.6 Å². The highest BCUT2D eigenvalue weighted by Crippen LogP contribution is 2.26. The lowest BCUT2D eigenvalue weighted by molar-refractivity contribution is -0.140. The van der Waals surface area contributed by atoms with Crippen LogP contribution in [0.4, 0.5) is 10.5 Å². The molecule has 0 bridgehead atoms. The maximum Gasteiger partial charge on any atom is 0.408 e. The van der Waals surface area contributed by atoms with Crippen LogP contribution in [0.15, 0.2) is 67.3 Å². The topological polar surface area (TPSA) is 97.0 Å². The minimum absolute atomic E-state index is 0.0952. The van der Waals surface area contributed by atoms with Gasteiger partial charge in [-0.3, -0.25) is 9.59 Å². The molecule has 0 aliphatic carbocycles. The molecule has 0 spiro atoms. The number of rotatable bonds is 11. The molecule has 2 rings (SSSR count). The second-order valence-corrected chi connectivity index (χ2v) is 10.1. The van der Waals surface area contributed by atoms with Gasteiger partial charge < -0.3 is 25.0 Å². The van der Waals surface area contributed by atoms with E-state index in [2.05, 4.69) is 17.2 Å². The Morgan fingerprint density at radius 2 is 1.65 bits per heavy atom. The number of nitrogens with zero attached hydrogens (tertiary/aromatic N) is 1. The number of nitrogens with one attached hydrogen (secondary N) is 2. The van der Waals surface area contributed by atoms with E-state index in [1.807, 2.05) is 32.0 Å². The van der Waals surface area contributed by atoms with Crippen LogP contribution in [0.5, 0.6) is 5.75 Å². The Morgan fingerprint density at radius 3 is 2.16 bits per heavy atom. The van der Waals surface area contributed by atoms with E-state index in [1.54, 1.807) is 70.4 Å². The van der Waals surface area contributed by atoms with E-state index in [1.165, 1.54) is 4.90 Å². The van der Waals surface area contributed by atoms with Gasteiger partial charge in [-0.15, -0.1) is 6.58 Å². The van der Waals surface area contributed by atoms with Crippen LogP contribution in [0.3, 0.4) is 0 Å². The fourth-order valence-corrected chi connectivity index (χ4v) is 3.80. The van der Waals surface area contributed by atoms with Gasteiger partial charge in [0.15, 0.2) is 0 Å². The summed E-state index contributed by atoms with van der Waals surface area (Å²) in [5.41, 5.74) is 0.467. The zero-order valence-corrected chi connectivity index (χ0v) is 22.6. The molecule has 0 fully saturated rings. The number of benzene rings is 2. The molecule has 0 saturated heterocycles. The summed E-state index contributed by atoms with van der Waals surface area (Å²) in [5, 5.41) is 5.62. The third-order valence-corrected chi connectivity index (χ3v) is 5.34. The Kier molecular flexibility index (Phi) is 10.7. The molecule has 0 saturated carbocycles. The van der Waals surface area contributed by atoms with Crippen molar-refractivity contribution in [3.8, 4) is 5.75 Å². The van der Waals surface area contributed by atoms with Crippen LogP contribution in [-0.4, -0.2) is 48.1 Å². The molecule has 2 aromatic carbocycles. The summed E-state index contributed by atoms with van der Waals surface area (Å²) < 4.78 is 10.6. The molecule has 8 heteroatoms. The fourth-order valence-electron chi connectivity index (χ4n) is 3.80. The lowest BCUT2D eigenvalue weighted by atomic mass is 9.99. The van der Waals surface area contributed by atoms with Crippen LogP contribution in [-0.2, 0) is 14.3 Å². The Labute approximate surface area is 220 Å². The van der Waals surface area contributed by atoms with Crippen molar-refractivity contribution in [2.75, 3.05) is 19.0 Å². The molecule has 37 heavy (non-hydrogen) atoms. The highest BCUT2D eigenvalue weighted by Gasteiger charge is 2.36. The lowest BCUT2D eigenvalue weighted by Crippen LogP contribution is -2.52. The summed E-state index contributed by atoms with van der Waals surface area (Å²) >= 11 is 0. The Hall–Kier alpha value is -3.81. The molecule has 2 atom stereocenters. The summed E-state index contributed by atoms with van der Waals surface area (Å²) in [7, 11) is 1.57. The maximum absolute atomic E-state index is 13.9. The van der Waals surface area contributed by atoms with E-state index >= 15 is 0 Å². The number of ether oxygens (including phenoxy) is 2. The predicted octanol–water partition coefficient (Wildman–Crippen LogP) is 5.33. The molecule has 200 valence electrons. The SMILES string of the molecule is C=CCN(C(=O)C(CC(C)C)NC(=O)OC(C)(C)C)C(C(=O)Nc1ccc(OC)cc1)c1ccccc1. The van der Waals surface area contributed by atoms with Crippen LogP contribution in [0.25, 0.3) is 0 Å². The minimum atomic E-state index is -0.969. The third-order valence-electron chi connectivity index (χ3n) is 5.34. The molecule has 0 heterocycles. The monoisotopic (exact) mass is 509 g/mol. The van der Waals surface area contributed by atoms with E-state index in [-0.39, 0.29) is 12.5 Å². The van der Waals surface area contributed by atoms with Crippen molar-refractivity contribution >= 4 is 23.6 Å². The number of carbonyl (C=O) groups is 3. The van der Waals surface area contributed by atoms with Crippen LogP contribution >= 0.6 is 0 Å². The minimum Gasteiger partial charge on any atom is -0.497 e. The summed E-state index contributed by atoms with van der Waals surface area (Å²) in [6, 6.07) is 14.1. The summed E-state index contributed by atoms with van der Waals surface area (Å²) in [4.78, 5) is 41.6. The highest BCUT2D eigenvalue weighted by molar-refractivity contribution is 5.99. The smallest absolute Gasteiger partial charge is 0.408 e. The highest BCUT2D eigenvalue weighted by atomic mass is 16.6. The van der Waals surface area contributed by atoms with Gasteiger partial charge in [-0.1, -0.05) is 50.3 Å². The summed E-state index contributed by atoms with van der Waals surface area (Å²) in [6.45, 7) is 13.1. The molecule has 0 radical (unpaired) electrons. The van der Waals surface area contributed by atoms with Crippen molar-refractivity contribution in [1.29, 1.82) is 0 Å². The second kappa shape index (κ2) is 13.5. The molecule has 0 aliphatic rings. The second-order valence-electron chi connectivity index (χ2n) is 10.1. The average molecular weight is 510 g/mol. The van der Waals surface area contributed by atoms with E-state index in [0.717, 1.165) is 0 Å². The molecular weight excluding hydrogens is 470 g/mol. The molecule has 3 amide bonds. The molecule has 2 aromatic rings. The van der Waals surface area contributed by atoms with Gasteiger partial charge in [-0.05, 0) is 62.9 Å². The van der Waals surface area contributed by atoms with Crippen molar-refractivity contribution in [2.24, 2.45) is 5.92 Å². The zero-order chi connectivity index (χ0) is 27.6. The number of amides is 3. The van der Waals surface area contributed by atoms with Gasteiger partial charge in [0.1, 0.15) is 23.4 Å². The number of anilines is 1. The van der Waals surface area contributed by atoms with Gasteiger partial charge in [-0.25, -0.2) is 4.79 Å². The predicted molar refractivity (Wildman–Crippen MR) is 145 cm³/mol. The van der Waals surface area contributed by atoms with Gasteiger partial charge in [0, 0.05) is 12.2 Å². The van der Waals surface area contributed by atoms with Crippen molar-refractivity contribution < 1.29 is 23.9 Å². The van der Waals surface area contributed by atoms with Gasteiger partial charge in [0.05, 0.1) is 7.11 Å². The van der Waals surface area contributed by atoms with E-state index in [4.69, 9.17) is 9.47 Å². The first-order valence-corrected chi connectivity index (χ1v) is 12.4. The first-order valence-electron chi connectivity index (χ1n) is 12.4. The summed E-state index contributed by atoms with van der Waals surface area (Å²) in [6.07, 6.45) is 1.24. The molecule has 0 aliphatic heterocycles. The zero-order valence-electron chi connectivity index (χ0n) is 22.6. The normalized spacial score (nSPS) is 12.7. The largest absolute Gasteiger partial charge is 0.497 e. The maximum atomic E-state index is 13.9. The van der Waals surface area contributed by atoms with Gasteiger partial charge >= 0.3 is 6.09 Å². The Balaban J connectivity index is 2.43. The van der Waals surface area contributed by atoms with Crippen LogP contribution in [0, 0.1) is 5.92 Å². The number of carbonyl (C=O) groups excluding carboxylic acids is 3. The molecule has 8 nitrogen and oxygen atoms in total. The Morgan fingerprint density at radius 1 is 1.03 bits per heavy atom. The van der Waals surface area contributed by atoms with E-state index in [0.29, 0.717) is 23.4 Å². The lowest BCUT2D eigenvalue weighted by Gasteiger charge is -2.34. The first-order chi connectivity index (χ1) is 17.4. The third kappa shape index (κ3) is 9.29. The first kappa shape index (κ1) is 29.4.